The van der Waals surface area contributed by atoms with Crippen LogP contribution in [0.1, 0.15) is 51.6 Å². The molecule has 7 heteroatoms. The number of hydrogen-bond acceptors (Lipinski definition) is 5. The highest BCUT2D eigenvalue weighted by atomic mass is 32.2. The summed E-state index contributed by atoms with van der Waals surface area (Å²) in [5.41, 5.74) is 1.72. The van der Waals surface area contributed by atoms with E-state index < -0.39 is 5.25 Å². The molecular formula is C24H30N2O4S. The molecule has 31 heavy (non-hydrogen) atoms. The first-order chi connectivity index (χ1) is 15.0. The second-order valence-corrected chi connectivity index (χ2v) is 8.73. The van der Waals surface area contributed by atoms with E-state index in [9.17, 15) is 9.59 Å². The van der Waals surface area contributed by atoms with Gasteiger partial charge in [0.05, 0.1) is 30.2 Å². The Hall–Kier alpha value is -2.67. The molecule has 2 amide bonds. The molecule has 1 aliphatic heterocycles. The molecule has 0 saturated carbocycles. The smallest absolute Gasteiger partial charge is 0.238 e. The summed E-state index contributed by atoms with van der Waals surface area (Å²) in [5.74, 6) is 1.10. The molecule has 0 saturated heterocycles. The molecule has 0 radical (unpaired) electrons. The van der Waals surface area contributed by atoms with Crippen LogP contribution in [-0.2, 0) is 9.59 Å². The minimum atomic E-state index is -0.449. The van der Waals surface area contributed by atoms with Crippen LogP contribution in [0.4, 0.5) is 5.69 Å². The second-order valence-electron chi connectivity index (χ2n) is 7.49. The molecule has 0 aliphatic carbocycles. The molecule has 2 atom stereocenters. The van der Waals surface area contributed by atoms with Crippen molar-refractivity contribution >= 4 is 29.3 Å². The zero-order valence-corrected chi connectivity index (χ0v) is 19.1. The van der Waals surface area contributed by atoms with Crippen LogP contribution in [0.25, 0.3) is 0 Å². The largest absolute Gasteiger partial charge is 0.490 e. The van der Waals surface area contributed by atoms with Gasteiger partial charge in [-0.05, 0) is 49.6 Å². The fourth-order valence-corrected chi connectivity index (χ4v) is 4.34. The lowest BCUT2D eigenvalue weighted by Gasteiger charge is -2.24. The van der Waals surface area contributed by atoms with Crippen molar-refractivity contribution in [3.63, 3.8) is 0 Å². The van der Waals surface area contributed by atoms with Crippen LogP contribution < -0.4 is 20.1 Å². The van der Waals surface area contributed by atoms with Crippen molar-refractivity contribution in [3.05, 3.63) is 48.0 Å². The van der Waals surface area contributed by atoms with Gasteiger partial charge in [-0.25, -0.2) is 0 Å². The average Bonchev–Trinajstić information content (AvgIpc) is 2.76. The van der Waals surface area contributed by atoms with Crippen LogP contribution in [0.2, 0.25) is 0 Å². The molecule has 0 spiro atoms. The topological polar surface area (TPSA) is 76.7 Å². The number of carbonyl (C=O) groups excluding carboxylic acids is 2. The molecular weight excluding hydrogens is 412 g/mol. The molecule has 1 heterocycles. The molecule has 0 fully saturated rings. The standard InChI is InChI=1S/C24H30N2O4S/c1-4-12-29-19-11-10-17(14-20(19)30-13-5-2)16(3)25-23(27)15-22-24(28)26-18-8-6-7-9-21(18)31-22/h6-11,14,16,22H,4-5,12-13,15H2,1-3H3,(H,25,27)(H,26,28)/t16-,22+/m1/s1. The first-order valence-electron chi connectivity index (χ1n) is 10.8. The van der Waals surface area contributed by atoms with Gasteiger partial charge >= 0.3 is 0 Å². The molecule has 0 aromatic heterocycles. The highest BCUT2D eigenvalue weighted by molar-refractivity contribution is 8.01. The number of rotatable bonds is 10. The molecule has 6 nitrogen and oxygen atoms in total. The van der Waals surface area contributed by atoms with Gasteiger partial charge in [0.25, 0.3) is 0 Å². The van der Waals surface area contributed by atoms with Gasteiger partial charge in [-0.15, -0.1) is 11.8 Å². The normalized spacial score (nSPS) is 16.1. The van der Waals surface area contributed by atoms with E-state index in [4.69, 9.17) is 9.47 Å². The Labute approximate surface area is 188 Å². The molecule has 166 valence electrons. The zero-order valence-electron chi connectivity index (χ0n) is 18.3. The Balaban J connectivity index is 1.63. The summed E-state index contributed by atoms with van der Waals surface area (Å²) < 4.78 is 11.6. The average molecular weight is 443 g/mol. The van der Waals surface area contributed by atoms with Crippen molar-refractivity contribution in [3.8, 4) is 11.5 Å². The van der Waals surface area contributed by atoms with Gasteiger partial charge in [-0.3, -0.25) is 9.59 Å². The van der Waals surface area contributed by atoms with Gasteiger partial charge in [0.1, 0.15) is 0 Å². The van der Waals surface area contributed by atoms with Crippen molar-refractivity contribution in [2.45, 2.75) is 56.2 Å². The fraction of sp³-hybridized carbons (Fsp3) is 0.417. The van der Waals surface area contributed by atoms with Crippen LogP contribution in [0.5, 0.6) is 11.5 Å². The van der Waals surface area contributed by atoms with E-state index in [0.717, 1.165) is 29.0 Å². The van der Waals surface area contributed by atoms with Crippen LogP contribution in [0.3, 0.4) is 0 Å². The van der Waals surface area contributed by atoms with Gasteiger partial charge in [-0.1, -0.05) is 32.0 Å². The number of hydrogen-bond donors (Lipinski definition) is 2. The number of fused-ring (bicyclic) bond motifs is 1. The summed E-state index contributed by atoms with van der Waals surface area (Å²) >= 11 is 1.43. The first-order valence-corrected chi connectivity index (χ1v) is 11.6. The lowest BCUT2D eigenvalue weighted by molar-refractivity contribution is -0.124. The maximum Gasteiger partial charge on any atom is 0.238 e. The first kappa shape index (κ1) is 23.0. The van der Waals surface area contributed by atoms with Crippen LogP contribution in [0, 0.1) is 0 Å². The van der Waals surface area contributed by atoms with Crippen LogP contribution >= 0.6 is 11.8 Å². The van der Waals surface area contributed by atoms with Crippen molar-refractivity contribution in [1.29, 1.82) is 0 Å². The minimum Gasteiger partial charge on any atom is -0.490 e. The number of carbonyl (C=O) groups is 2. The van der Waals surface area contributed by atoms with E-state index in [-0.39, 0.29) is 24.3 Å². The number of amides is 2. The lowest BCUT2D eigenvalue weighted by Crippen LogP contribution is -2.35. The number of nitrogens with one attached hydrogen (secondary N) is 2. The predicted molar refractivity (Wildman–Crippen MR) is 124 cm³/mol. The monoisotopic (exact) mass is 442 g/mol. The molecule has 2 aromatic carbocycles. The SMILES string of the molecule is CCCOc1ccc([C@@H](C)NC(=O)C[C@@H]2Sc3ccccc3NC2=O)cc1OCCC. The Morgan fingerprint density at radius 3 is 2.55 bits per heavy atom. The summed E-state index contributed by atoms with van der Waals surface area (Å²) in [6.45, 7) is 7.26. The van der Waals surface area contributed by atoms with E-state index in [1.807, 2.05) is 49.4 Å². The van der Waals surface area contributed by atoms with Gasteiger partial charge in [0.15, 0.2) is 11.5 Å². The second kappa shape index (κ2) is 11.1. The Morgan fingerprint density at radius 1 is 1.10 bits per heavy atom. The molecule has 3 rings (SSSR count). The summed E-state index contributed by atoms with van der Waals surface area (Å²) in [4.78, 5) is 26.0. The Bertz CT molecular complexity index is 918. The van der Waals surface area contributed by atoms with E-state index in [0.29, 0.717) is 24.7 Å². The maximum atomic E-state index is 12.7. The number of benzene rings is 2. The van der Waals surface area contributed by atoms with Crippen molar-refractivity contribution in [2.24, 2.45) is 0 Å². The highest BCUT2D eigenvalue weighted by Crippen LogP contribution is 2.37. The summed E-state index contributed by atoms with van der Waals surface area (Å²) in [6.07, 6.45) is 1.93. The van der Waals surface area contributed by atoms with Crippen molar-refractivity contribution in [1.82, 2.24) is 5.32 Å². The minimum absolute atomic E-state index is 0.117. The Kier molecular flexibility index (Phi) is 8.23. The number of para-hydroxylation sites is 1. The summed E-state index contributed by atoms with van der Waals surface area (Å²) in [6, 6.07) is 13.1. The maximum absolute atomic E-state index is 12.7. The number of ether oxygens (including phenoxy) is 2. The van der Waals surface area contributed by atoms with Gasteiger partial charge in [0.2, 0.25) is 11.8 Å². The zero-order chi connectivity index (χ0) is 22.2. The molecule has 0 bridgehead atoms. The number of anilines is 1. The van der Waals surface area contributed by atoms with Crippen LogP contribution in [-0.4, -0.2) is 30.3 Å². The lowest BCUT2D eigenvalue weighted by atomic mass is 10.1. The highest BCUT2D eigenvalue weighted by Gasteiger charge is 2.29. The van der Waals surface area contributed by atoms with Gasteiger partial charge in [-0.2, -0.15) is 0 Å². The van der Waals surface area contributed by atoms with Crippen LogP contribution in [0.15, 0.2) is 47.4 Å². The molecule has 2 aromatic rings. The molecule has 2 N–H and O–H groups in total. The van der Waals surface area contributed by atoms with Crippen molar-refractivity contribution < 1.29 is 19.1 Å². The van der Waals surface area contributed by atoms with E-state index in [1.54, 1.807) is 0 Å². The third-order valence-corrected chi connectivity index (χ3v) is 6.12. The number of thioether (sulfide) groups is 1. The summed E-state index contributed by atoms with van der Waals surface area (Å²) in [7, 11) is 0. The third kappa shape index (κ3) is 6.17. The van der Waals surface area contributed by atoms with E-state index >= 15 is 0 Å². The van der Waals surface area contributed by atoms with E-state index in [1.165, 1.54) is 11.8 Å². The quantitative estimate of drug-likeness (QED) is 0.545. The predicted octanol–water partition coefficient (Wildman–Crippen LogP) is 4.94. The Morgan fingerprint density at radius 2 is 1.81 bits per heavy atom. The van der Waals surface area contributed by atoms with E-state index in [2.05, 4.69) is 24.5 Å². The van der Waals surface area contributed by atoms with Crippen molar-refractivity contribution in [2.75, 3.05) is 18.5 Å². The molecule has 0 unspecified atom stereocenters. The molecule has 1 aliphatic rings. The fourth-order valence-electron chi connectivity index (χ4n) is 3.23. The summed E-state index contributed by atoms with van der Waals surface area (Å²) in [5, 5.41) is 5.44. The van der Waals surface area contributed by atoms with Gasteiger partial charge in [0, 0.05) is 11.3 Å². The third-order valence-electron chi connectivity index (χ3n) is 4.85. The van der Waals surface area contributed by atoms with Gasteiger partial charge < -0.3 is 20.1 Å².